The molecular formula is C6H14N2S. The van der Waals surface area contributed by atoms with Crippen molar-refractivity contribution in [2.75, 3.05) is 6.26 Å². The maximum atomic E-state index is 3.64. The molecule has 2 nitrogen and oxygen atoms in total. The van der Waals surface area contributed by atoms with Crippen molar-refractivity contribution in [3.8, 4) is 0 Å². The molecule has 54 valence electrons. The van der Waals surface area contributed by atoms with Crippen LogP contribution in [0.4, 0.5) is 0 Å². The van der Waals surface area contributed by atoms with E-state index in [9.17, 15) is 0 Å². The summed E-state index contributed by atoms with van der Waals surface area (Å²) >= 11 is 1.57. The van der Waals surface area contributed by atoms with Gasteiger partial charge in [-0.3, -0.25) is 0 Å². The second kappa shape index (κ2) is 10.6. The highest BCUT2D eigenvalue weighted by Crippen LogP contribution is 1.94. The molecule has 0 amide bonds. The predicted molar refractivity (Wildman–Crippen MR) is 47.5 cm³/mol. The molecule has 0 heterocycles. The Bertz CT molecular complexity index is 89.1. The van der Waals surface area contributed by atoms with Gasteiger partial charge in [-0.2, -0.15) is 5.10 Å². The fourth-order valence-corrected chi connectivity index (χ4v) is 0.280. The van der Waals surface area contributed by atoms with Crippen LogP contribution in [0.5, 0.6) is 0 Å². The molecule has 0 saturated carbocycles. The smallest absolute Gasteiger partial charge is 0.0924 e. The first kappa shape index (κ1) is 11.5. The Morgan fingerprint density at radius 2 is 1.89 bits per heavy atom. The monoisotopic (exact) mass is 146 g/mol. The molecule has 0 atom stereocenters. The predicted octanol–water partition coefficient (Wildman–Crippen LogP) is 2.41. The SMILES string of the molecule is C=N/N=C(/C)SC.CC. The van der Waals surface area contributed by atoms with Gasteiger partial charge in [0.1, 0.15) is 0 Å². The fourth-order valence-electron chi connectivity index (χ4n) is 0.140. The lowest BCUT2D eigenvalue weighted by Gasteiger charge is -1.83. The van der Waals surface area contributed by atoms with E-state index < -0.39 is 0 Å². The molecule has 0 aromatic heterocycles. The molecule has 0 aliphatic heterocycles. The van der Waals surface area contributed by atoms with Gasteiger partial charge in [0.15, 0.2) is 0 Å². The number of thioether (sulfide) groups is 1. The molecule has 0 spiro atoms. The maximum absolute atomic E-state index is 3.64. The van der Waals surface area contributed by atoms with Crippen LogP contribution in [0, 0.1) is 0 Å². The van der Waals surface area contributed by atoms with Crippen LogP contribution < -0.4 is 0 Å². The summed E-state index contributed by atoms with van der Waals surface area (Å²) in [6, 6.07) is 0. The summed E-state index contributed by atoms with van der Waals surface area (Å²) in [4.78, 5) is 0. The Hall–Kier alpha value is -0.310. The summed E-state index contributed by atoms with van der Waals surface area (Å²) in [7, 11) is 0. The van der Waals surface area contributed by atoms with E-state index in [0.29, 0.717) is 0 Å². The lowest BCUT2D eigenvalue weighted by molar-refractivity contribution is 1.27. The van der Waals surface area contributed by atoms with Gasteiger partial charge in [-0.15, -0.1) is 16.9 Å². The zero-order chi connectivity index (χ0) is 7.70. The quantitative estimate of drug-likeness (QED) is 0.317. The number of hydrogen-bond acceptors (Lipinski definition) is 3. The Morgan fingerprint density at radius 1 is 1.44 bits per heavy atom. The van der Waals surface area contributed by atoms with Gasteiger partial charge in [0, 0.05) is 6.72 Å². The molecule has 0 aromatic carbocycles. The van der Waals surface area contributed by atoms with E-state index >= 15 is 0 Å². The topological polar surface area (TPSA) is 24.7 Å². The average Bonchev–Trinajstić information content (AvgIpc) is 1.93. The van der Waals surface area contributed by atoms with Crippen molar-refractivity contribution >= 4 is 23.5 Å². The Morgan fingerprint density at radius 3 is 2.00 bits per heavy atom. The van der Waals surface area contributed by atoms with Gasteiger partial charge < -0.3 is 0 Å². The van der Waals surface area contributed by atoms with E-state index in [1.54, 1.807) is 11.8 Å². The van der Waals surface area contributed by atoms with Gasteiger partial charge in [-0.25, -0.2) is 0 Å². The lowest BCUT2D eigenvalue weighted by atomic mass is 10.9. The summed E-state index contributed by atoms with van der Waals surface area (Å²) in [5.74, 6) is 0. The second-order valence-electron chi connectivity index (χ2n) is 0.965. The molecule has 0 aliphatic carbocycles. The molecule has 9 heavy (non-hydrogen) atoms. The van der Waals surface area contributed by atoms with Crippen LogP contribution in [0.3, 0.4) is 0 Å². The van der Waals surface area contributed by atoms with Crippen LogP contribution in [0.15, 0.2) is 10.2 Å². The highest BCUT2D eigenvalue weighted by molar-refractivity contribution is 8.13. The van der Waals surface area contributed by atoms with Gasteiger partial charge >= 0.3 is 0 Å². The first-order valence-electron chi connectivity index (χ1n) is 2.85. The molecule has 0 radical (unpaired) electrons. The van der Waals surface area contributed by atoms with Crippen molar-refractivity contribution in [2.24, 2.45) is 10.2 Å². The Labute approximate surface area is 61.5 Å². The molecular weight excluding hydrogens is 132 g/mol. The molecule has 0 fully saturated rings. The average molecular weight is 146 g/mol. The standard InChI is InChI=1S/C4H8N2S.C2H6/c1-4(7-3)6-5-2;1-2/h2H2,1,3H3;1-2H3/b6-4-;. The van der Waals surface area contributed by atoms with Crippen molar-refractivity contribution in [3.05, 3.63) is 0 Å². The molecule has 0 N–H and O–H groups in total. The summed E-state index contributed by atoms with van der Waals surface area (Å²) in [5, 5.41) is 7.90. The summed E-state index contributed by atoms with van der Waals surface area (Å²) in [6.07, 6.45) is 1.95. The van der Waals surface area contributed by atoms with Crippen LogP contribution in [0.1, 0.15) is 20.8 Å². The molecule has 3 heteroatoms. The number of nitrogens with zero attached hydrogens (tertiary/aromatic N) is 2. The van der Waals surface area contributed by atoms with Crippen molar-refractivity contribution < 1.29 is 0 Å². The number of hydrogen-bond donors (Lipinski definition) is 0. The molecule has 0 aliphatic rings. The minimum atomic E-state index is 0.940. The Balaban J connectivity index is 0. The van der Waals surface area contributed by atoms with Crippen LogP contribution in [0.25, 0.3) is 0 Å². The second-order valence-corrected chi connectivity index (χ2v) is 1.96. The largest absolute Gasteiger partial charge is 0.166 e. The van der Waals surface area contributed by atoms with Crippen molar-refractivity contribution in [1.82, 2.24) is 0 Å². The lowest BCUT2D eigenvalue weighted by Crippen LogP contribution is -1.75. The van der Waals surface area contributed by atoms with Crippen molar-refractivity contribution in [1.29, 1.82) is 0 Å². The van der Waals surface area contributed by atoms with Gasteiger partial charge in [-0.05, 0) is 13.2 Å². The summed E-state index contributed by atoms with van der Waals surface area (Å²) < 4.78 is 0. The van der Waals surface area contributed by atoms with E-state index in [0.717, 1.165) is 5.04 Å². The first-order chi connectivity index (χ1) is 4.31. The van der Waals surface area contributed by atoms with E-state index in [1.165, 1.54) is 0 Å². The Kier molecular flexibility index (Phi) is 13.6. The number of rotatable bonds is 1. The van der Waals surface area contributed by atoms with Crippen molar-refractivity contribution in [2.45, 2.75) is 20.8 Å². The van der Waals surface area contributed by atoms with Crippen LogP contribution in [-0.2, 0) is 0 Å². The summed E-state index contributed by atoms with van der Waals surface area (Å²) in [6.45, 7) is 9.09. The zero-order valence-electron chi connectivity index (χ0n) is 6.51. The maximum Gasteiger partial charge on any atom is 0.0924 e. The summed E-state index contributed by atoms with van der Waals surface area (Å²) in [5.41, 5.74) is 0. The minimum Gasteiger partial charge on any atom is -0.166 e. The third kappa shape index (κ3) is 11.3. The molecule has 0 unspecified atom stereocenters. The van der Waals surface area contributed by atoms with Gasteiger partial charge in [-0.1, -0.05) is 13.8 Å². The van der Waals surface area contributed by atoms with Gasteiger partial charge in [0.2, 0.25) is 0 Å². The van der Waals surface area contributed by atoms with Crippen LogP contribution >= 0.6 is 11.8 Å². The fraction of sp³-hybridized carbons (Fsp3) is 0.667. The van der Waals surface area contributed by atoms with Crippen LogP contribution in [-0.4, -0.2) is 18.0 Å². The molecule has 0 bridgehead atoms. The molecule has 0 aromatic rings. The first-order valence-corrected chi connectivity index (χ1v) is 4.08. The van der Waals surface area contributed by atoms with E-state index in [2.05, 4.69) is 16.9 Å². The van der Waals surface area contributed by atoms with Gasteiger partial charge in [0.25, 0.3) is 0 Å². The van der Waals surface area contributed by atoms with E-state index in [4.69, 9.17) is 0 Å². The minimum absolute atomic E-state index is 0.940. The van der Waals surface area contributed by atoms with Crippen LogP contribution in [0.2, 0.25) is 0 Å². The van der Waals surface area contributed by atoms with E-state index in [1.807, 2.05) is 27.0 Å². The zero-order valence-corrected chi connectivity index (χ0v) is 7.33. The highest BCUT2D eigenvalue weighted by Gasteiger charge is 1.78. The van der Waals surface area contributed by atoms with Crippen molar-refractivity contribution in [3.63, 3.8) is 0 Å². The molecule has 0 saturated heterocycles. The normalized spacial score (nSPS) is 9.56. The molecule has 0 rings (SSSR count). The third-order valence-corrected chi connectivity index (χ3v) is 1.18. The van der Waals surface area contributed by atoms with Gasteiger partial charge in [0.05, 0.1) is 5.04 Å². The third-order valence-electron chi connectivity index (χ3n) is 0.507. The van der Waals surface area contributed by atoms with E-state index in [-0.39, 0.29) is 0 Å². The highest BCUT2D eigenvalue weighted by atomic mass is 32.2.